The highest BCUT2D eigenvalue weighted by Gasteiger charge is 2.24. The Bertz CT molecular complexity index is 1450. The number of anilines is 3. The van der Waals surface area contributed by atoms with Crippen molar-refractivity contribution in [2.24, 2.45) is 0 Å². The number of hydrogen-bond acceptors (Lipinski definition) is 9. The van der Waals surface area contributed by atoms with Crippen LogP contribution >= 0.6 is 11.6 Å². The monoisotopic (exact) mass is 548 g/mol. The minimum Gasteiger partial charge on any atom is -0.495 e. The van der Waals surface area contributed by atoms with Crippen LogP contribution in [0.3, 0.4) is 0 Å². The van der Waals surface area contributed by atoms with Gasteiger partial charge in [0.2, 0.25) is 5.95 Å². The fraction of sp³-hybridized carbons (Fsp3) is 0.393. The van der Waals surface area contributed by atoms with Gasteiger partial charge < -0.3 is 34.3 Å². The summed E-state index contributed by atoms with van der Waals surface area (Å²) in [5, 5.41) is 13.7. The van der Waals surface area contributed by atoms with Crippen molar-refractivity contribution in [3.8, 4) is 17.0 Å². The van der Waals surface area contributed by atoms with Gasteiger partial charge in [-0.3, -0.25) is 0 Å². The molecule has 0 spiro atoms. The van der Waals surface area contributed by atoms with E-state index in [9.17, 15) is 5.11 Å². The molecule has 11 heteroatoms. The molecular weight excluding hydrogens is 516 g/mol. The number of nitrogens with one attached hydrogen (secondary N) is 1. The predicted octanol–water partition coefficient (Wildman–Crippen LogP) is 3.07. The number of imidazole rings is 1. The molecule has 4 aromatic rings. The van der Waals surface area contributed by atoms with Crippen LogP contribution in [0.5, 0.6) is 5.75 Å². The molecular formula is C28H33ClN8O2. The third-order valence-corrected chi connectivity index (χ3v) is 8.08. The Kier molecular flexibility index (Phi) is 7.16. The van der Waals surface area contributed by atoms with Crippen LogP contribution in [0.1, 0.15) is 12.0 Å². The quantitative estimate of drug-likeness (QED) is 0.361. The van der Waals surface area contributed by atoms with E-state index in [1.165, 1.54) is 0 Å². The first-order chi connectivity index (χ1) is 19.1. The number of benzene rings is 1. The van der Waals surface area contributed by atoms with Gasteiger partial charge in [-0.2, -0.15) is 0 Å². The summed E-state index contributed by atoms with van der Waals surface area (Å²) < 4.78 is 7.29. The molecule has 0 saturated carbocycles. The van der Waals surface area contributed by atoms with Crippen LogP contribution in [0.2, 0.25) is 5.02 Å². The number of aliphatic hydroxyl groups is 1. The molecule has 0 aliphatic carbocycles. The molecule has 39 heavy (non-hydrogen) atoms. The van der Waals surface area contributed by atoms with E-state index in [1.54, 1.807) is 19.2 Å². The van der Waals surface area contributed by atoms with E-state index in [4.69, 9.17) is 21.3 Å². The van der Waals surface area contributed by atoms with E-state index in [2.05, 4.69) is 42.1 Å². The van der Waals surface area contributed by atoms with Crippen molar-refractivity contribution in [2.45, 2.75) is 19.1 Å². The Balaban J connectivity index is 1.13. The first-order valence-electron chi connectivity index (χ1n) is 13.3. The molecule has 5 heterocycles. The molecule has 0 bridgehead atoms. The Morgan fingerprint density at radius 2 is 1.77 bits per heavy atom. The number of pyridine rings is 1. The zero-order valence-electron chi connectivity index (χ0n) is 22.2. The summed E-state index contributed by atoms with van der Waals surface area (Å²) in [5.41, 5.74) is 5.30. The second-order valence-electron chi connectivity index (χ2n) is 10.0. The summed E-state index contributed by atoms with van der Waals surface area (Å²) in [7, 11) is 3.57. The lowest BCUT2D eigenvalue weighted by Gasteiger charge is -2.37. The molecule has 2 aliphatic rings. The summed E-state index contributed by atoms with van der Waals surface area (Å²) >= 11 is 6.37. The number of ether oxygens (including phenoxy) is 1. The smallest absolute Gasteiger partial charge is 0.225 e. The number of aliphatic hydroxyl groups excluding tert-OH is 1. The lowest BCUT2D eigenvalue weighted by atomic mass is 10.1. The first-order valence-corrected chi connectivity index (χ1v) is 13.6. The van der Waals surface area contributed by atoms with Gasteiger partial charge in [-0.1, -0.05) is 11.6 Å². The second-order valence-corrected chi connectivity index (χ2v) is 10.4. The highest BCUT2D eigenvalue weighted by Crippen LogP contribution is 2.34. The van der Waals surface area contributed by atoms with Crippen LogP contribution < -0.4 is 24.8 Å². The van der Waals surface area contributed by atoms with Crippen LogP contribution in [0, 0.1) is 0 Å². The molecule has 2 saturated heterocycles. The van der Waals surface area contributed by atoms with Crippen molar-refractivity contribution in [1.29, 1.82) is 0 Å². The van der Waals surface area contributed by atoms with Gasteiger partial charge in [-0.15, -0.1) is 0 Å². The SMILES string of the molecule is CNC1CCN(c2ncc(N3CCN(c4ccn5cc(-c6cc(Cl)c(OC)cc6CO)nc5c4)CC3)cn2)C1. The maximum atomic E-state index is 9.91. The van der Waals surface area contributed by atoms with Gasteiger partial charge in [-0.25, -0.2) is 15.0 Å². The number of rotatable bonds is 7. The number of methoxy groups -OCH3 is 1. The number of likely N-dealkylation sites (N-methyl/N-ethyl adjacent to an activating group) is 1. The Labute approximate surface area is 232 Å². The number of halogens is 1. The van der Waals surface area contributed by atoms with Gasteiger partial charge in [0.05, 0.1) is 42.5 Å². The van der Waals surface area contributed by atoms with Crippen molar-refractivity contribution in [1.82, 2.24) is 24.7 Å². The highest BCUT2D eigenvalue weighted by molar-refractivity contribution is 6.32. The number of piperazine rings is 1. The fourth-order valence-corrected chi connectivity index (χ4v) is 5.70. The molecule has 204 valence electrons. The summed E-state index contributed by atoms with van der Waals surface area (Å²) in [6, 6.07) is 8.29. The molecule has 2 fully saturated rings. The molecule has 10 nitrogen and oxygen atoms in total. The van der Waals surface area contributed by atoms with E-state index >= 15 is 0 Å². The zero-order chi connectivity index (χ0) is 26.9. The van der Waals surface area contributed by atoms with Crippen LogP contribution in [0.4, 0.5) is 17.3 Å². The Hall–Kier alpha value is -3.60. The summed E-state index contributed by atoms with van der Waals surface area (Å²) in [5.74, 6) is 1.34. The van der Waals surface area contributed by atoms with E-state index in [0.29, 0.717) is 16.8 Å². The molecule has 3 aromatic heterocycles. The van der Waals surface area contributed by atoms with Crippen LogP contribution in [-0.4, -0.2) is 83.9 Å². The maximum Gasteiger partial charge on any atom is 0.225 e. The molecule has 1 atom stereocenters. The average Bonchev–Trinajstić information content (AvgIpc) is 3.64. The van der Waals surface area contributed by atoms with Gasteiger partial charge in [0.25, 0.3) is 0 Å². The lowest BCUT2D eigenvalue weighted by molar-refractivity contribution is 0.281. The molecule has 0 radical (unpaired) electrons. The molecule has 2 aliphatic heterocycles. The van der Waals surface area contributed by atoms with Crippen molar-refractivity contribution < 1.29 is 9.84 Å². The topological polar surface area (TPSA) is 94.3 Å². The third kappa shape index (κ3) is 5.07. The van der Waals surface area contributed by atoms with Crippen molar-refractivity contribution in [3.05, 3.63) is 59.6 Å². The summed E-state index contributed by atoms with van der Waals surface area (Å²) in [4.78, 5) is 21.1. The van der Waals surface area contributed by atoms with E-state index in [1.807, 2.05) is 36.2 Å². The van der Waals surface area contributed by atoms with Gasteiger partial charge in [0.1, 0.15) is 11.4 Å². The highest BCUT2D eigenvalue weighted by atomic mass is 35.5. The van der Waals surface area contributed by atoms with Crippen LogP contribution in [-0.2, 0) is 6.61 Å². The standard InChI is InChI=1S/C28H33ClN8O2/c1-30-20-3-5-37(16-20)28-31-14-22(15-32-28)35-9-7-34(8-10-35)21-4-6-36-17-25(33-27(36)12-21)23-13-24(29)26(39-2)11-19(23)18-38/h4,6,11-15,17,20,30,38H,3,5,7-10,16,18H2,1-2H3. The fourth-order valence-electron chi connectivity index (χ4n) is 5.46. The summed E-state index contributed by atoms with van der Waals surface area (Å²) in [6.45, 7) is 5.38. The Morgan fingerprint density at radius 1 is 1.03 bits per heavy atom. The molecule has 0 amide bonds. The van der Waals surface area contributed by atoms with Gasteiger partial charge in [0, 0.05) is 75.0 Å². The maximum absolute atomic E-state index is 9.91. The van der Waals surface area contributed by atoms with Crippen molar-refractivity contribution >= 4 is 34.6 Å². The second kappa shape index (κ2) is 10.9. The van der Waals surface area contributed by atoms with Crippen molar-refractivity contribution in [3.63, 3.8) is 0 Å². The molecule has 6 rings (SSSR count). The molecule has 1 unspecified atom stereocenters. The number of hydrogen-bond donors (Lipinski definition) is 2. The number of fused-ring (bicyclic) bond motifs is 1. The van der Waals surface area contributed by atoms with E-state index in [0.717, 1.165) is 85.5 Å². The Morgan fingerprint density at radius 3 is 2.44 bits per heavy atom. The normalized spacial score (nSPS) is 17.8. The first kappa shape index (κ1) is 25.7. The van der Waals surface area contributed by atoms with E-state index in [-0.39, 0.29) is 6.61 Å². The van der Waals surface area contributed by atoms with Crippen LogP contribution in [0.15, 0.2) is 49.1 Å². The zero-order valence-corrected chi connectivity index (χ0v) is 23.0. The van der Waals surface area contributed by atoms with Crippen molar-refractivity contribution in [2.75, 3.05) is 68.1 Å². The lowest BCUT2D eigenvalue weighted by Crippen LogP contribution is -2.46. The van der Waals surface area contributed by atoms with E-state index < -0.39 is 0 Å². The van der Waals surface area contributed by atoms with Gasteiger partial charge in [0.15, 0.2) is 0 Å². The minimum absolute atomic E-state index is 0.130. The molecule has 2 N–H and O–H groups in total. The average molecular weight is 549 g/mol. The number of aromatic nitrogens is 4. The van der Waals surface area contributed by atoms with Gasteiger partial charge in [-0.05, 0) is 37.2 Å². The predicted molar refractivity (Wildman–Crippen MR) is 154 cm³/mol. The van der Waals surface area contributed by atoms with Gasteiger partial charge >= 0.3 is 0 Å². The summed E-state index contributed by atoms with van der Waals surface area (Å²) in [6.07, 6.45) is 9.01. The third-order valence-electron chi connectivity index (χ3n) is 7.78. The van der Waals surface area contributed by atoms with Crippen LogP contribution in [0.25, 0.3) is 16.9 Å². The number of nitrogens with zero attached hydrogens (tertiary/aromatic N) is 7. The molecule has 1 aromatic carbocycles. The minimum atomic E-state index is -0.130. The largest absolute Gasteiger partial charge is 0.495 e.